The Kier molecular flexibility index (Phi) is 4.29. The molecule has 1 aliphatic heterocycles. The zero-order valence-electron chi connectivity index (χ0n) is 7.55. The summed E-state index contributed by atoms with van der Waals surface area (Å²) in [5.41, 5.74) is 1.00. The first kappa shape index (κ1) is 9.71. The highest BCUT2D eigenvalue weighted by Crippen LogP contribution is 2.08. The second kappa shape index (κ2) is 5.30. The highest BCUT2D eigenvalue weighted by molar-refractivity contribution is 4.98. The third kappa shape index (κ3) is 3.34. The van der Waals surface area contributed by atoms with E-state index in [-0.39, 0.29) is 12.8 Å². The Labute approximate surface area is 73.4 Å². The van der Waals surface area contributed by atoms with Gasteiger partial charge in [-0.25, -0.2) is 0 Å². The lowest BCUT2D eigenvalue weighted by Crippen LogP contribution is -2.28. The van der Waals surface area contributed by atoms with Gasteiger partial charge < -0.3 is 9.84 Å². The largest absolute Gasteiger partial charge is 0.392 e. The standard InChI is InChI=1S/C9H17NO2/c1-8(7-11)4-5-10-9-3-2-6-12-9/h4,9-11H,2-3,5-7H2,1H3/b8-4+. The SMILES string of the molecule is C/C(=C\CNC1CCCO1)CO. The van der Waals surface area contributed by atoms with E-state index in [1.54, 1.807) is 0 Å². The number of aliphatic hydroxyl groups excluding tert-OH is 1. The van der Waals surface area contributed by atoms with E-state index in [1.165, 1.54) is 0 Å². The fourth-order valence-electron chi connectivity index (χ4n) is 1.17. The van der Waals surface area contributed by atoms with Gasteiger partial charge in [-0.3, -0.25) is 5.32 Å². The Morgan fingerprint density at radius 3 is 3.17 bits per heavy atom. The molecule has 0 aliphatic carbocycles. The quantitative estimate of drug-likeness (QED) is 0.610. The summed E-state index contributed by atoms with van der Waals surface area (Å²) >= 11 is 0. The zero-order valence-corrected chi connectivity index (χ0v) is 7.55. The van der Waals surface area contributed by atoms with Crippen molar-refractivity contribution < 1.29 is 9.84 Å². The molecule has 1 saturated heterocycles. The highest BCUT2D eigenvalue weighted by Gasteiger charge is 2.12. The molecule has 0 bridgehead atoms. The molecule has 0 aromatic carbocycles. The van der Waals surface area contributed by atoms with Crippen molar-refractivity contribution in [2.45, 2.75) is 26.0 Å². The van der Waals surface area contributed by atoms with E-state index in [1.807, 2.05) is 13.0 Å². The molecule has 0 saturated carbocycles. The summed E-state index contributed by atoms with van der Waals surface area (Å²) < 4.78 is 5.37. The molecule has 0 spiro atoms. The molecule has 70 valence electrons. The summed E-state index contributed by atoms with van der Waals surface area (Å²) in [7, 11) is 0. The van der Waals surface area contributed by atoms with Crippen LogP contribution in [0.2, 0.25) is 0 Å². The van der Waals surface area contributed by atoms with Crippen LogP contribution in [0.25, 0.3) is 0 Å². The van der Waals surface area contributed by atoms with Crippen LogP contribution in [0.3, 0.4) is 0 Å². The molecule has 12 heavy (non-hydrogen) atoms. The Balaban J connectivity index is 2.08. The van der Waals surface area contributed by atoms with Gasteiger partial charge in [-0.1, -0.05) is 11.6 Å². The Morgan fingerprint density at radius 1 is 1.75 bits per heavy atom. The van der Waals surface area contributed by atoms with Gasteiger partial charge in [-0.15, -0.1) is 0 Å². The van der Waals surface area contributed by atoms with Crippen molar-refractivity contribution in [1.82, 2.24) is 5.32 Å². The Hall–Kier alpha value is -0.380. The summed E-state index contributed by atoms with van der Waals surface area (Å²) in [5.74, 6) is 0. The molecule has 0 aromatic heterocycles. The van der Waals surface area contributed by atoms with Gasteiger partial charge in [0.05, 0.1) is 6.61 Å². The van der Waals surface area contributed by atoms with E-state index in [9.17, 15) is 0 Å². The molecule has 0 radical (unpaired) electrons. The smallest absolute Gasteiger partial charge is 0.108 e. The minimum Gasteiger partial charge on any atom is -0.392 e. The van der Waals surface area contributed by atoms with Crippen LogP contribution in [0, 0.1) is 0 Å². The molecule has 1 heterocycles. The lowest BCUT2D eigenvalue weighted by Gasteiger charge is -2.09. The van der Waals surface area contributed by atoms with E-state index in [2.05, 4.69) is 5.32 Å². The minimum atomic E-state index is 0.146. The van der Waals surface area contributed by atoms with Crippen molar-refractivity contribution in [3.05, 3.63) is 11.6 Å². The molecule has 0 aromatic rings. The summed E-state index contributed by atoms with van der Waals surface area (Å²) in [6, 6.07) is 0. The molecule has 1 unspecified atom stereocenters. The van der Waals surface area contributed by atoms with Crippen molar-refractivity contribution in [3.8, 4) is 0 Å². The van der Waals surface area contributed by atoms with Crippen LogP contribution >= 0.6 is 0 Å². The first-order valence-electron chi connectivity index (χ1n) is 4.44. The van der Waals surface area contributed by atoms with Crippen LogP contribution in [-0.4, -0.2) is 31.1 Å². The third-order valence-electron chi connectivity index (χ3n) is 1.98. The lowest BCUT2D eigenvalue weighted by atomic mass is 10.3. The summed E-state index contributed by atoms with van der Waals surface area (Å²) in [5, 5.41) is 11.9. The molecular formula is C9H17NO2. The summed E-state index contributed by atoms with van der Waals surface area (Å²) in [6.45, 7) is 3.72. The molecule has 3 heteroatoms. The molecule has 0 amide bonds. The van der Waals surface area contributed by atoms with Crippen molar-refractivity contribution in [2.75, 3.05) is 19.8 Å². The maximum atomic E-state index is 8.70. The van der Waals surface area contributed by atoms with Crippen LogP contribution in [0.15, 0.2) is 11.6 Å². The van der Waals surface area contributed by atoms with Crippen molar-refractivity contribution in [1.29, 1.82) is 0 Å². The minimum absolute atomic E-state index is 0.146. The van der Waals surface area contributed by atoms with Crippen LogP contribution in [-0.2, 0) is 4.74 Å². The van der Waals surface area contributed by atoms with Gasteiger partial charge in [0.2, 0.25) is 0 Å². The van der Waals surface area contributed by atoms with E-state index in [4.69, 9.17) is 9.84 Å². The number of ether oxygens (including phenoxy) is 1. The van der Waals surface area contributed by atoms with Gasteiger partial charge in [0, 0.05) is 13.2 Å². The van der Waals surface area contributed by atoms with E-state index >= 15 is 0 Å². The van der Waals surface area contributed by atoms with Crippen LogP contribution in [0.1, 0.15) is 19.8 Å². The molecular weight excluding hydrogens is 154 g/mol. The normalized spacial score (nSPS) is 24.8. The number of aliphatic hydroxyl groups is 1. The summed E-state index contributed by atoms with van der Waals surface area (Å²) in [4.78, 5) is 0. The van der Waals surface area contributed by atoms with E-state index < -0.39 is 0 Å². The molecule has 1 aliphatic rings. The fourth-order valence-corrected chi connectivity index (χ4v) is 1.17. The number of rotatable bonds is 4. The number of hydrogen-bond donors (Lipinski definition) is 2. The van der Waals surface area contributed by atoms with Gasteiger partial charge in [-0.05, 0) is 19.8 Å². The van der Waals surface area contributed by atoms with Gasteiger partial charge in [0.25, 0.3) is 0 Å². The second-order valence-corrected chi connectivity index (χ2v) is 3.12. The van der Waals surface area contributed by atoms with Crippen molar-refractivity contribution >= 4 is 0 Å². The first-order valence-corrected chi connectivity index (χ1v) is 4.44. The first-order chi connectivity index (χ1) is 5.83. The number of hydrogen-bond acceptors (Lipinski definition) is 3. The highest BCUT2D eigenvalue weighted by atomic mass is 16.5. The van der Waals surface area contributed by atoms with Crippen molar-refractivity contribution in [2.24, 2.45) is 0 Å². The predicted molar refractivity (Wildman–Crippen MR) is 47.8 cm³/mol. The fraction of sp³-hybridized carbons (Fsp3) is 0.778. The Morgan fingerprint density at radius 2 is 2.58 bits per heavy atom. The van der Waals surface area contributed by atoms with Gasteiger partial charge >= 0.3 is 0 Å². The topological polar surface area (TPSA) is 41.5 Å². The van der Waals surface area contributed by atoms with Gasteiger partial charge in [-0.2, -0.15) is 0 Å². The predicted octanol–water partition coefficient (Wildman–Crippen LogP) is 0.651. The average Bonchev–Trinajstić information content (AvgIpc) is 2.57. The number of nitrogens with one attached hydrogen (secondary N) is 1. The molecule has 1 rings (SSSR count). The van der Waals surface area contributed by atoms with Gasteiger partial charge in [0.1, 0.15) is 6.23 Å². The molecule has 1 fully saturated rings. The average molecular weight is 171 g/mol. The van der Waals surface area contributed by atoms with Crippen LogP contribution < -0.4 is 5.32 Å². The maximum Gasteiger partial charge on any atom is 0.108 e. The Bertz CT molecular complexity index is 151. The monoisotopic (exact) mass is 171 g/mol. The van der Waals surface area contributed by atoms with Crippen molar-refractivity contribution in [3.63, 3.8) is 0 Å². The van der Waals surface area contributed by atoms with E-state index in [0.29, 0.717) is 0 Å². The third-order valence-corrected chi connectivity index (χ3v) is 1.98. The van der Waals surface area contributed by atoms with Gasteiger partial charge in [0.15, 0.2) is 0 Å². The molecule has 2 N–H and O–H groups in total. The lowest BCUT2D eigenvalue weighted by molar-refractivity contribution is 0.0873. The molecule has 1 atom stereocenters. The molecule has 3 nitrogen and oxygen atoms in total. The zero-order chi connectivity index (χ0) is 8.81. The van der Waals surface area contributed by atoms with E-state index in [0.717, 1.165) is 31.6 Å². The second-order valence-electron chi connectivity index (χ2n) is 3.12. The van der Waals surface area contributed by atoms with Crippen LogP contribution in [0.5, 0.6) is 0 Å². The maximum absolute atomic E-state index is 8.70. The van der Waals surface area contributed by atoms with Crippen LogP contribution in [0.4, 0.5) is 0 Å². The summed E-state index contributed by atoms with van der Waals surface area (Å²) in [6.07, 6.45) is 4.47.